The molecular formula is C13H13ClO3. The summed E-state index contributed by atoms with van der Waals surface area (Å²) >= 11 is 5.78. The number of halogens is 1. The standard InChI is InChI=1S/C13H13ClO3/c14-12-7-6-10(8-11(12)13(15)16)17-9-4-2-1-3-5-9/h2,4,6-9H,1,3,5H2,(H,15,16). The van der Waals surface area contributed by atoms with Crippen molar-refractivity contribution in [1.82, 2.24) is 0 Å². The van der Waals surface area contributed by atoms with Crippen LogP contribution in [0.3, 0.4) is 0 Å². The number of ether oxygens (including phenoxy) is 1. The largest absolute Gasteiger partial charge is 0.486 e. The molecule has 1 unspecified atom stereocenters. The van der Waals surface area contributed by atoms with Gasteiger partial charge in [-0.15, -0.1) is 0 Å². The third-order valence-corrected chi connectivity index (χ3v) is 3.00. The van der Waals surface area contributed by atoms with Crippen LogP contribution in [0.25, 0.3) is 0 Å². The van der Waals surface area contributed by atoms with Gasteiger partial charge in [0, 0.05) is 0 Å². The molecule has 1 aliphatic rings. The first-order valence-electron chi connectivity index (χ1n) is 5.53. The SMILES string of the molecule is O=C(O)c1cc(OC2C=CCCC2)ccc1Cl. The Kier molecular flexibility index (Phi) is 3.69. The second-order valence-corrected chi connectivity index (χ2v) is 4.37. The number of carbonyl (C=O) groups is 1. The molecule has 1 aromatic carbocycles. The van der Waals surface area contributed by atoms with Gasteiger partial charge in [0.25, 0.3) is 0 Å². The van der Waals surface area contributed by atoms with Crippen LogP contribution in [0, 0.1) is 0 Å². The fraction of sp³-hybridized carbons (Fsp3) is 0.308. The number of benzene rings is 1. The van der Waals surface area contributed by atoms with E-state index in [1.807, 2.05) is 6.08 Å². The van der Waals surface area contributed by atoms with Gasteiger partial charge in [0.1, 0.15) is 11.9 Å². The van der Waals surface area contributed by atoms with Crippen molar-refractivity contribution in [3.8, 4) is 5.75 Å². The molecule has 0 fully saturated rings. The molecule has 90 valence electrons. The first kappa shape index (κ1) is 12.0. The van der Waals surface area contributed by atoms with E-state index in [2.05, 4.69) is 6.08 Å². The molecule has 0 heterocycles. The summed E-state index contributed by atoms with van der Waals surface area (Å²) in [7, 11) is 0. The molecule has 0 radical (unpaired) electrons. The van der Waals surface area contributed by atoms with E-state index in [1.165, 1.54) is 6.07 Å². The molecule has 0 spiro atoms. The molecule has 1 aliphatic carbocycles. The summed E-state index contributed by atoms with van der Waals surface area (Å²) in [5.74, 6) is -0.497. The fourth-order valence-corrected chi connectivity index (χ4v) is 1.99. The highest BCUT2D eigenvalue weighted by Gasteiger charge is 2.13. The fourth-order valence-electron chi connectivity index (χ4n) is 1.80. The van der Waals surface area contributed by atoms with Gasteiger partial charge in [-0.2, -0.15) is 0 Å². The first-order chi connectivity index (χ1) is 8.16. The zero-order valence-corrected chi connectivity index (χ0v) is 9.98. The second kappa shape index (κ2) is 5.23. The zero-order valence-electron chi connectivity index (χ0n) is 9.23. The Morgan fingerprint density at radius 1 is 1.47 bits per heavy atom. The molecule has 1 atom stereocenters. The summed E-state index contributed by atoms with van der Waals surface area (Å²) in [5, 5.41) is 9.17. The van der Waals surface area contributed by atoms with Crippen LogP contribution in [0.2, 0.25) is 5.02 Å². The van der Waals surface area contributed by atoms with Crippen molar-refractivity contribution in [1.29, 1.82) is 0 Å². The number of carboxylic acids is 1. The van der Waals surface area contributed by atoms with Crippen molar-refractivity contribution in [3.63, 3.8) is 0 Å². The lowest BCUT2D eigenvalue weighted by molar-refractivity contribution is 0.0696. The minimum Gasteiger partial charge on any atom is -0.486 e. The monoisotopic (exact) mass is 252 g/mol. The van der Waals surface area contributed by atoms with Crippen LogP contribution in [0.4, 0.5) is 0 Å². The van der Waals surface area contributed by atoms with Crippen LogP contribution in [0.15, 0.2) is 30.4 Å². The van der Waals surface area contributed by atoms with Gasteiger partial charge in [-0.1, -0.05) is 17.7 Å². The summed E-state index contributed by atoms with van der Waals surface area (Å²) in [6.07, 6.45) is 7.27. The molecule has 0 aliphatic heterocycles. The van der Waals surface area contributed by atoms with Crippen molar-refractivity contribution < 1.29 is 14.6 Å². The van der Waals surface area contributed by atoms with E-state index in [4.69, 9.17) is 21.4 Å². The summed E-state index contributed by atoms with van der Waals surface area (Å²) in [5.41, 5.74) is 0.0731. The lowest BCUT2D eigenvalue weighted by atomic mass is 10.1. The van der Waals surface area contributed by atoms with Gasteiger partial charge in [-0.25, -0.2) is 4.79 Å². The molecule has 4 heteroatoms. The Morgan fingerprint density at radius 3 is 2.94 bits per heavy atom. The molecule has 17 heavy (non-hydrogen) atoms. The molecule has 0 saturated carbocycles. The molecule has 3 nitrogen and oxygen atoms in total. The third kappa shape index (κ3) is 3.01. The van der Waals surface area contributed by atoms with E-state index in [0.717, 1.165) is 19.3 Å². The summed E-state index contributed by atoms with van der Waals surface area (Å²) in [4.78, 5) is 10.9. The molecule has 1 aromatic rings. The second-order valence-electron chi connectivity index (χ2n) is 3.96. The Morgan fingerprint density at radius 2 is 2.29 bits per heavy atom. The number of hydrogen-bond donors (Lipinski definition) is 1. The van der Waals surface area contributed by atoms with E-state index in [9.17, 15) is 4.79 Å². The molecule has 1 N–H and O–H groups in total. The van der Waals surface area contributed by atoms with Crippen molar-refractivity contribution >= 4 is 17.6 Å². The van der Waals surface area contributed by atoms with Crippen LogP contribution in [0.5, 0.6) is 5.75 Å². The Bertz CT molecular complexity index is 454. The predicted octanol–water partition coefficient (Wildman–Crippen LogP) is 3.53. The van der Waals surface area contributed by atoms with Gasteiger partial charge in [0.2, 0.25) is 0 Å². The van der Waals surface area contributed by atoms with E-state index >= 15 is 0 Å². The summed E-state index contributed by atoms with van der Waals surface area (Å²) in [6, 6.07) is 4.71. The van der Waals surface area contributed by atoms with Gasteiger partial charge >= 0.3 is 5.97 Å². The molecule has 0 saturated heterocycles. The Balaban J connectivity index is 2.16. The zero-order chi connectivity index (χ0) is 12.3. The molecule has 0 bridgehead atoms. The van der Waals surface area contributed by atoms with Crippen molar-refractivity contribution in [2.75, 3.05) is 0 Å². The molecule has 0 aromatic heterocycles. The van der Waals surface area contributed by atoms with Crippen LogP contribution in [-0.4, -0.2) is 17.2 Å². The van der Waals surface area contributed by atoms with Crippen LogP contribution < -0.4 is 4.74 Å². The van der Waals surface area contributed by atoms with Gasteiger partial charge < -0.3 is 9.84 Å². The van der Waals surface area contributed by atoms with Gasteiger partial charge in [-0.05, 0) is 43.5 Å². The van der Waals surface area contributed by atoms with Crippen molar-refractivity contribution in [2.24, 2.45) is 0 Å². The lowest BCUT2D eigenvalue weighted by Crippen LogP contribution is -2.15. The number of hydrogen-bond acceptors (Lipinski definition) is 2. The normalized spacial score (nSPS) is 19.0. The van der Waals surface area contributed by atoms with E-state index in [-0.39, 0.29) is 16.7 Å². The van der Waals surface area contributed by atoms with Crippen molar-refractivity contribution in [2.45, 2.75) is 25.4 Å². The van der Waals surface area contributed by atoms with Crippen LogP contribution in [0.1, 0.15) is 29.6 Å². The third-order valence-electron chi connectivity index (χ3n) is 2.67. The quantitative estimate of drug-likeness (QED) is 0.837. The molecule has 2 rings (SSSR count). The van der Waals surface area contributed by atoms with Crippen LogP contribution >= 0.6 is 11.6 Å². The summed E-state index contributed by atoms with van der Waals surface area (Å²) in [6.45, 7) is 0. The Hall–Kier alpha value is -1.48. The highest BCUT2D eigenvalue weighted by molar-refractivity contribution is 6.33. The van der Waals surface area contributed by atoms with Gasteiger partial charge in [0.15, 0.2) is 0 Å². The van der Waals surface area contributed by atoms with Gasteiger partial charge in [-0.3, -0.25) is 0 Å². The predicted molar refractivity (Wildman–Crippen MR) is 65.8 cm³/mol. The van der Waals surface area contributed by atoms with E-state index < -0.39 is 5.97 Å². The van der Waals surface area contributed by atoms with Gasteiger partial charge in [0.05, 0.1) is 10.6 Å². The van der Waals surface area contributed by atoms with Crippen molar-refractivity contribution in [3.05, 3.63) is 40.9 Å². The van der Waals surface area contributed by atoms with E-state index in [1.54, 1.807) is 12.1 Å². The maximum atomic E-state index is 10.9. The average molecular weight is 253 g/mol. The minimum atomic E-state index is -1.04. The molecular weight excluding hydrogens is 240 g/mol. The lowest BCUT2D eigenvalue weighted by Gasteiger charge is -2.18. The topological polar surface area (TPSA) is 46.5 Å². The number of carboxylic acid groups (broad SMARTS) is 1. The minimum absolute atomic E-state index is 0.0339. The molecule has 0 amide bonds. The highest BCUT2D eigenvalue weighted by Crippen LogP contribution is 2.24. The smallest absolute Gasteiger partial charge is 0.337 e. The Labute approximate surface area is 105 Å². The van der Waals surface area contributed by atoms with Crippen LogP contribution in [-0.2, 0) is 0 Å². The average Bonchev–Trinajstić information content (AvgIpc) is 2.32. The number of allylic oxidation sites excluding steroid dienone is 1. The summed E-state index contributed by atoms with van der Waals surface area (Å²) < 4.78 is 5.69. The van der Waals surface area contributed by atoms with E-state index in [0.29, 0.717) is 5.75 Å². The maximum Gasteiger partial charge on any atom is 0.337 e. The maximum absolute atomic E-state index is 10.9. The highest BCUT2D eigenvalue weighted by atomic mass is 35.5. The first-order valence-corrected chi connectivity index (χ1v) is 5.91. The number of rotatable bonds is 3. The number of aromatic carboxylic acids is 1.